The second-order valence-electron chi connectivity index (χ2n) is 6.01. The molecule has 0 aromatic carbocycles. The molecular weight excluding hydrogens is 298 g/mol. The Kier molecular flexibility index (Phi) is 3.37. The molecule has 3 aromatic heterocycles. The molecule has 6 heteroatoms. The van der Waals surface area contributed by atoms with E-state index in [0.29, 0.717) is 11.3 Å². The number of aryl methyl sites for hydroxylation is 1. The number of rotatable bonds is 2. The summed E-state index contributed by atoms with van der Waals surface area (Å²) in [5.74, 6) is 0. The summed E-state index contributed by atoms with van der Waals surface area (Å²) >= 11 is 6.04. The van der Waals surface area contributed by atoms with E-state index < -0.39 is 0 Å². The molecule has 0 amide bonds. The maximum Gasteiger partial charge on any atom is 0.224 e. The van der Waals surface area contributed by atoms with E-state index in [4.69, 9.17) is 11.6 Å². The third kappa shape index (κ3) is 2.29. The Balaban J connectivity index is 1.94. The molecule has 1 aliphatic carbocycles. The summed E-state index contributed by atoms with van der Waals surface area (Å²) in [6.45, 7) is 0. The zero-order chi connectivity index (χ0) is 15.1. The average molecular weight is 316 g/mol. The van der Waals surface area contributed by atoms with E-state index in [1.165, 1.54) is 32.1 Å². The van der Waals surface area contributed by atoms with E-state index in [0.717, 1.165) is 22.3 Å². The number of aromatic nitrogens is 5. The van der Waals surface area contributed by atoms with Gasteiger partial charge in [0.2, 0.25) is 5.28 Å². The van der Waals surface area contributed by atoms with Crippen molar-refractivity contribution in [2.45, 2.75) is 38.1 Å². The highest BCUT2D eigenvalue weighted by atomic mass is 35.5. The van der Waals surface area contributed by atoms with Crippen molar-refractivity contribution in [3.05, 3.63) is 29.9 Å². The van der Waals surface area contributed by atoms with E-state index in [2.05, 4.69) is 25.7 Å². The zero-order valence-electron chi connectivity index (χ0n) is 12.5. The topological polar surface area (TPSA) is 48.5 Å². The molecule has 114 valence electrons. The molecule has 3 aromatic rings. The second-order valence-corrected chi connectivity index (χ2v) is 6.35. The molecule has 0 aliphatic heterocycles. The summed E-state index contributed by atoms with van der Waals surface area (Å²) < 4.78 is 4.18. The molecule has 0 radical (unpaired) electrons. The molecular formula is C16H18ClN5. The van der Waals surface area contributed by atoms with Crippen LogP contribution in [0, 0.1) is 0 Å². The van der Waals surface area contributed by atoms with Gasteiger partial charge in [-0.2, -0.15) is 10.1 Å². The lowest BCUT2D eigenvalue weighted by Crippen LogP contribution is -2.14. The van der Waals surface area contributed by atoms with Gasteiger partial charge in [-0.3, -0.25) is 4.68 Å². The SMILES string of the molecule is Cn1cc(-c2cc3cnc(Cl)nc3n2C2CCCCC2)cn1. The minimum absolute atomic E-state index is 0.306. The summed E-state index contributed by atoms with van der Waals surface area (Å²) in [4.78, 5) is 8.62. The molecule has 1 saturated carbocycles. The van der Waals surface area contributed by atoms with Gasteiger partial charge in [0.1, 0.15) is 5.65 Å². The van der Waals surface area contributed by atoms with Crippen LogP contribution in [-0.2, 0) is 7.05 Å². The maximum absolute atomic E-state index is 6.04. The van der Waals surface area contributed by atoms with Crippen LogP contribution in [0.25, 0.3) is 22.3 Å². The average Bonchev–Trinajstić information content (AvgIpc) is 3.11. The van der Waals surface area contributed by atoms with Crippen LogP contribution in [0.4, 0.5) is 0 Å². The van der Waals surface area contributed by atoms with Crippen LogP contribution >= 0.6 is 11.6 Å². The van der Waals surface area contributed by atoms with Gasteiger partial charge in [0.15, 0.2) is 0 Å². The molecule has 22 heavy (non-hydrogen) atoms. The summed E-state index contributed by atoms with van der Waals surface area (Å²) in [5, 5.41) is 5.65. The smallest absolute Gasteiger partial charge is 0.224 e. The predicted molar refractivity (Wildman–Crippen MR) is 86.9 cm³/mol. The Morgan fingerprint density at radius 3 is 2.73 bits per heavy atom. The van der Waals surface area contributed by atoms with Crippen LogP contribution in [0.2, 0.25) is 5.28 Å². The van der Waals surface area contributed by atoms with Crippen molar-refractivity contribution < 1.29 is 0 Å². The quantitative estimate of drug-likeness (QED) is 0.672. The van der Waals surface area contributed by atoms with Crippen LogP contribution in [0.15, 0.2) is 24.7 Å². The van der Waals surface area contributed by atoms with Crippen molar-refractivity contribution in [3.8, 4) is 11.3 Å². The third-order valence-electron chi connectivity index (χ3n) is 4.49. The van der Waals surface area contributed by atoms with Gasteiger partial charge in [-0.1, -0.05) is 19.3 Å². The van der Waals surface area contributed by atoms with E-state index >= 15 is 0 Å². The number of fused-ring (bicyclic) bond motifs is 1. The molecule has 3 heterocycles. The molecule has 0 spiro atoms. The number of hydrogen-bond donors (Lipinski definition) is 0. The van der Waals surface area contributed by atoms with Gasteiger partial charge >= 0.3 is 0 Å². The van der Waals surface area contributed by atoms with E-state index in [-0.39, 0.29) is 0 Å². The molecule has 5 nitrogen and oxygen atoms in total. The molecule has 0 bridgehead atoms. The molecule has 1 aliphatic rings. The Hall–Kier alpha value is -1.88. The van der Waals surface area contributed by atoms with Gasteiger partial charge in [0.25, 0.3) is 0 Å². The fourth-order valence-electron chi connectivity index (χ4n) is 3.47. The molecule has 1 fully saturated rings. The summed E-state index contributed by atoms with van der Waals surface area (Å²) in [6.07, 6.45) is 12.0. The van der Waals surface area contributed by atoms with Crippen LogP contribution < -0.4 is 0 Å². The first-order valence-corrected chi connectivity index (χ1v) is 8.12. The normalized spacial score (nSPS) is 16.5. The van der Waals surface area contributed by atoms with Gasteiger partial charge in [-0.15, -0.1) is 0 Å². The zero-order valence-corrected chi connectivity index (χ0v) is 13.3. The van der Waals surface area contributed by atoms with Crippen LogP contribution in [0.3, 0.4) is 0 Å². The van der Waals surface area contributed by atoms with Crippen molar-refractivity contribution in [2.75, 3.05) is 0 Å². The first kappa shape index (κ1) is 13.8. The maximum atomic E-state index is 6.04. The second kappa shape index (κ2) is 5.39. The van der Waals surface area contributed by atoms with Crippen molar-refractivity contribution in [1.29, 1.82) is 0 Å². The molecule has 0 atom stereocenters. The van der Waals surface area contributed by atoms with Crippen LogP contribution in [-0.4, -0.2) is 24.3 Å². The standard InChI is InChI=1S/C16H18ClN5/c1-21-10-12(9-19-21)14-7-11-8-18-16(17)20-15(11)22(14)13-5-3-2-4-6-13/h7-10,13H,2-6H2,1H3. The number of hydrogen-bond acceptors (Lipinski definition) is 3. The lowest BCUT2D eigenvalue weighted by molar-refractivity contribution is 0.362. The van der Waals surface area contributed by atoms with Crippen LogP contribution in [0.5, 0.6) is 0 Å². The molecule has 0 unspecified atom stereocenters. The Morgan fingerprint density at radius 1 is 1.18 bits per heavy atom. The highest BCUT2D eigenvalue weighted by Crippen LogP contribution is 2.36. The Bertz CT molecular complexity index is 813. The highest BCUT2D eigenvalue weighted by Gasteiger charge is 2.22. The monoisotopic (exact) mass is 315 g/mol. The van der Waals surface area contributed by atoms with E-state index in [1.54, 1.807) is 0 Å². The predicted octanol–water partition coefficient (Wildman–Crippen LogP) is 3.99. The molecule has 4 rings (SSSR count). The van der Waals surface area contributed by atoms with Crippen molar-refractivity contribution >= 4 is 22.6 Å². The number of halogens is 1. The fourth-order valence-corrected chi connectivity index (χ4v) is 3.60. The summed E-state index contributed by atoms with van der Waals surface area (Å²) in [6, 6.07) is 2.63. The van der Waals surface area contributed by atoms with Crippen molar-refractivity contribution in [3.63, 3.8) is 0 Å². The Labute approximate surface area is 133 Å². The minimum atomic E-state index is 0.306. The third-order valence-corrected chi connectivity index (χ3v) is 4.67. The van der Waals surface area contributed by atoms with E-state index in [1.807, 2.05) is 30.3 Å². The Morgan fingerprint density at radius 2 is 2.00 bits per heavy atom. The van der Waals surface area contributed by atoms with Gasteiger partial charge < -0.3 is 4.57 Å². The lowest BCUT2D eigenvalue weighted by Gasteiger charge is -2.25. The molecule has 0 saturated heterocycles. The first-order chi connectivity index (χ1) is 10.7. The fraction of sp³-hybridized carbons (Fsp3) is 0.438. The van der Waals surface area contributed by atoms with Gasteiger partial charge in [0.05, 0.1) is 11.9 Å². The largest absolute Gasteiger partial charge is 0.322 e. The minimum Gasteiger partial charge on any atom is -0.322 e. The molecule has 0 N–H and O–H groups in total. The number of nitrogens with zero attached hydrogens (tertiary/aromatic N) is 5. The van der Waals surface area contributed by atoms with Crippen LogP contribution in [0.1, 0.15) is 38.1 Å². The van der Waals surface area contributed by atoms with Gasteiger partial charge in [-0.25, -0.2) is 4.98 Å². The van der Waals surface area contributed by atoms with Gasteiger partial charge in [-0.05, 0) is 30.5 Å². The lowest BCUT2D eigenvalue weighted by atomic mass is 9.95. The first-order valence-electron chi connectivity index (χ1n) is 7.75. The van der Waals surface area contributed by atoms with Crippen molar-refractivity contribution in [1.82, 2.24) is 24.3 Å². The summed E-state index contributed by atoms with van der Waals surface area (Å²) in [5.41, 5.74) is 3.21. The van der Waals surface area contributed by atoms with Crippen molar-refractivity contribution in [2.24, 2.45) is 7.05 Å². The summed E-state index contributed by atoms with van der Waals surface area (Å²) in [7, 11) is 1.94. The van der Waals surface area contributed by atoms with Gasteiger partial charge in [0, 0.05) is 36.4 Å². The highest BCUT2D eigenvalue weighted by molar-refractivity contribution is 6.28. The van der Waals surface area contributed by atoms with E-state index in [9.17, 15) is 0 Å².